The molecule has 1 atom stereocenters. The summed E-state index contributed by atoms with van der Waals surface area (Å²) in [6.07, 6.45) is 0.360. The van der Waals surface area contributed by atoms with Crippen LogP contribution in [-0.2, 0) is 11.3 Å². The Bertz CT molecular complexity index is 422. The van der Waals surface area contributed by atoms with Crippen molar-refractivity contribution in [2.24, 2.45) is 5.92 Å². The minimum Gasteiger partial charge on any atom is -0.356 e. The number of nitrogens with one attached hydrogen (secondary N) is 1. The summed E-state index contributed by atoms with van der Waals surface area (Å²) in [7, 11) is 0. The quantitative estimate of drug-likeness (QED) is 0.826. The normalized spacial score (nSPS) is 23.4. The Kier molecular flexibility index (Phi) is 2.84. The molecule has 1 N–H and O–H groups in total. The van der Waals surface area contributed by atoms with Crippen molar-refractivity contribution in [1.82, 2.24) is 0 Å². The topological polar surface area (TPSA) is 45.0 Å². The van der Waals surface area contributed by atoms with E-state index < -0.39 is 5.72 Å². The van der Waals surface area contributed by atoms with Gasteiger partial charge in [-0.25, -0.2) is 0 Å². The van der Waals surface area contributed by atoms with Crippen LogP contribution in [0.1, 0.15) is 25.8 Å². The molecule has 0 radical (unpaired) electrons. The first-order valence-electron chi connectivity index (χ1n) is 5.55. The van der Waals surface area contributed by atoms with Crippen molar-refractivity contribution < 1.29 is 4.74 Å². The lowest BCUT2D eigenvalue weighted by molar-refractivity contribution is -0.0707. The lowest BCUT2D eigenvalue weighted by Gasteiger charge is -2.41. The third-order valence-corrected chi connectivity index (χ3v) is 3.12. The maximum atomic E-state index is 8.91. The van der Waals surface area contributed by atoms with Gasteiger partial charge in [0.05, 0.1) is 19.1 Å². The first-order chi connectivity index (χ1) is 7.68. The van der Waals surface area contributed by atoms with Crippen LogP contribution in [0.5, 0.6) is 0 Å². The molecule has 1 unspecified atom stereocenters. The molecule has 0 fully saturated rings. The summed E-state index contributed by atoms with van der Waals surface area (Å²) < 4.78 is 5.86. The van der Waals surface area contributed by atoms with E-state index in [2.05, 4.69) is 25.2 Å². The van der Waals surface area contributed by atoms with E-state index in [9.17, 15) is 0 Å². The van der Waals surface area contributed by atoms with Crippen LogP contribution in [0.4, 0.5) is 5.69 Å². The molecule has 1 heterocycles. The summed E-state index contributed by atoms with van der Waals surface area (Å²) in [6.45, 7) is 4.71. The van der Waals surface area contributed by atoms with E-state index in [0.29, 0.717) is 13.0 Å². The number of benzene rings is 1. The first-order valence-corrected chi connectivity index (χ1v) is 5.55. The van der Waals surface area contributed by atoms with Gasteiger partial charge in [-0.3, -0.25) is 0 Å². The lowest BCUT2D eigenvalue weighted by Crippen LogP contribution is -2.48. The number of nitrogens with zero attached hydrogens (tertiary/aromatic N) is 1. The molecule has 1 aromatic carbocycles. The Balaban J connectivity index is 2.32. The van der Waals surface area contributed by atoms with Crippen LogP contribution in [0.3, 0.4) is 0 Å². The van der Waals surface area contributed by atoms with Gasteiger partial charge in [-0.1, -0.05) is 32.0 Å². The van der Waals surface area contributed by atoms with Crippen molar-refractivity contribution in [3.8, 4) is 6.07 Å². The second kappa shape index (κ2) is 4.15. The zero-order valence-corrected chi connectivity index (χ0v) is 9.66. The van der Waals surface area contributed by atoms with Gasteiger partial charge >= 0.3 is 0 Å². The fourth-order valence-corrected chi connectivity index (χ4v) is 1.97. The molecule has 0 bridgehead atoms. The molecular formula is C13H16N2O. The van der Waals surface area contributed by atoms with Gasteiger partial charge in [0, 0.05) is 17.2 Å². The maximum absolute atomic E-state index is 8.91. The number of ether oxygens (including phenoxy) is 1. The highest BCUT2D eigenvalue weighted by Gasteiger charge is 2.38. The molecule has 0 saturated heterocycles. The van der Waals surface area contributed by atoms with Crippen molar-refractivity contribution in [3.05, 3.63) is 29.8 Å². The zero-order valence-electron chi connectivity index (χ0n) is 9.66. The summed E-state index contributed by atoms with van der Waals surface area (Å²) in [4.78, 5) is 0. The Morgan fingerprint density at radius 2 is 2.25 bits per heavy atom. The van der Waals surface area contributed by atoms with Crippen LogP contribution >= 0.6 is 0 Å². The largest absolute Gasteiger partial charge is 0.356 e. The molecule has 0 saturated carbocycles. The van der Waals surface area contributed by atoms with E-state index >= 15 is 0 Å². The van der Waals surface area contributed by atoms with Gasteiger partial charge in [0.1, 0.15) is 0 Å². The predicted molar refractivity (Wildman–Crippen MR) is 62.7 cm³/mol. The maximum Gasteiger partial charge on any atom is 0.154 e. The molecule has 0 aliphatic carbocycles. The summed E-state index contributed by atoms with van der Waals surface area (Å²) in [6, 6.07) is 10.3. The number of hydrogen-bond donors (Lipinski definition) is 1. The predicted octanol–water partition coefficient (Wildman–Crippen LogP) is 2.89. The molecule has 3 heteroatoms. The van der Waals surface area contributed by atoms with Gasteiger partial charge in [-0.05, 0) is 6.07 Å². The highest BCUT2D eigenvalue weighted by molar-refractivity contribution is 5.54. The minimum absolute atomic E-state index is 0.250. The molecule has 1 aromatic rings. The Hall–Kier alpha value is -1.53. The van der Waals surface area contributed by atoms with E-state index in [4.69, 9.17) is 10.00 Å². The second-order valence-electron chi connectivity index (χ2n) is 4.45. The van der Waals surface area contributed by atoms with Crippen LogP contribution in [0.2, 0.25) is 0 Å². The smallest absolute Gasteiger partial charge is 0.154 e. The van der Waals surface area contributed by atoms with Crippen LogP contribution in [0.25, 0.3) is 0 Å². The van der Waals surface area contributed by atoms with E-state index in [1.165, 1.54) is 0 Å². The summed E-state index contributed by atoms with van der Waals surface area (Å²) in [5, 5.41) is 12.3. The van der Waals surface area contributed by atoms with Gasteiger partial charge in [-0.15, -0.1) is 0 Å². The molecule has 0 spiro atoms. The molecule has 0 amide bonds. The minimum atomic E-state index is -0.539. The zero-order chi connectivity index (χ0) is 11.6. The fraction of sp³-hybridized carbons (Fsp3) is 0.462. The van der Waals surface area contributed by atoms with Gasteiger partial charge in [0.15, 0.2) is 5.72 Å². The SMILES string of the molecule is CC(C)C1(CC#N)Nc2ccccc2CO1. The van der Waals surface area contributed by atoms with Crippen LogP contribution < -0.4 is 5.32 Å². The molecule has 84 valence electrons. The highest BCUT2D eigenvalue weighted by Crippen LogP contribution is 2.35. The van der Waals surface area contributed by atoms with Gasteiger partial charge in [-0.2, -0.15) is 5.26 Å². The van der Waals surface area contributed by atoms with Crippen molar-refractivity contribution in [2.75, 3.05) is 5.32 Å². The third kappa shape index (κ3) is 1.77. The number of hydrogen-bond acceptors (Lipinski definition) is 3. The number of para-hydroxylation sites is 1. The van der Waals surface area contributed by atoms with Crippen molar-refractivity contribution in [2.45, 2.75) is 32.6 Å². The van der Waals surface area contributed by atoms with Crippen LogP contribution in [0.15, 0.2) is 24.3 Å². The molecule has 3 nitrogen and oxygen atoms in total. The van der Waals surface area contributed by atoms with E-state index in [1.54, 1.807) is 0 Å². The summed E-state index contributed by atoms with van der Waals surface area (Å²) in [5.74, 6) is 0.250. The highest BCUT2D eigenvalue weighted by atomic mass is 16.5. The number of rotatable bonds is 2. The summed E-state index contributed by atoms with van der Waals surface area (Å²) in [5.41, 5.74) is 1.69. The van der Waals surface area contributed by atoms with Crippen molar-refractivity contribution >= 4 is 5.69 Å². The first kappa shape index (κ1) is 11.0. The fourth-order valence-electron chi connectivity index (χ4n) is 1.97. The molecule has 0 aromatic heterocycles. The molecule has 16 heavy (non-hydrogen) atoms. The van der Waals surface area contributed by atoms with Crippen LogP contribution in [-0.4, -0.2) is 5.72 Å². The van der Waals surface area contributed by atoms with Crippen molar-refractivity contribution in [1.29, 1.82) is 5.26 Å². The second-order valence-corrected chi connectivity index (χ2v) is 4.45. The standard InChI is InChI=1S/C13H16N2O/c1-10(2)13(7-8-14)15-12-6-4-3-5-11(12)9-16-13/h3-6,10,15H,7,9H2,1-2H3. The summed E-state index contributed by atoms with van der Waals surface area (Å²) >= 11 is 0. The number of anilines is 1. The van der Waals surface area contributed by atoms with E-state index in [0.717, 1.165) is 11.3 Å². The molecular weight excluding hydrogens is 200 g/mol. The third-order valence-electron chi connectivity index (χ3n) is 3.12. The molecule has 1 aliphatic heterocycles. The van der Waals surface area contributed by atoms with E-state index in [-0.39, 0.29) is 5.92 Å². The Morgan fingerprint density at radius 3 is 2.94 bits per heavy atom. The van der Waals surface area contributed by atoms with Crippen molar-refractivity contribution in [3.63, 3.8) is 0 Å². The van der Waals surface area contributed by atoms with Crippen LogP contribution in [0, 0.1) is 17.2 Å². The monoisotopic (exact) mass is 216 g/mol. The molecule has 2 rings (SSSR count). The van der Waals surface area contributed by atoms with E-state index in [1.807, 2.05) is 24.3 Å². The Labute approximate surface area is 96.0 Å². The number of fused-ring (bicyclic) bond motifs is 1. The number of nitriles is 1. The van der Waals surface area contributed by atoms with Gasteiger partial charge in [0.2, 0.25) is 0 Å². The van der Waals surface area contributed by atoms with Gasteiger partial charge in [0.25, 0.3) is 0 Å². The molecule has 1 aliphatic rings. The lowest BCUT2D eigenvalue weighted by atomic mass is 9.93. The van der Waals surface area contributed by atoms with Gasteiger partial charge < -0.3 is 10.1 Å². The average molecular weight is 216 g/mol. The Morgan fingerprint density at radius 1 is 1.50 bits per heavy atom. The average Bonchev–Trinajstić information content (AvgIpc) is 2.29.